The van der Waals surface area contributed by atoms with Crippen molar-refractivity contribution in [3.05, 3.63) is 52.9 Å². The maximum atomic E-state index is 10.7. The predicted molar refractivity (Wildman–Crippen MR) is 86.8 cm³/mol. The van der Waals surface area contributed by atoms with Gasteiger partial charge in [-0.1, -0.05) is 28.9 Å². The van der Waals surface area contributed by atoms with Gasteiger partial charge in [-0.25, -0.2) is 4.68 Å². The molecular weight excluding hydrogens is 330 g/mol. The number of halogens is 1. The van der Waals surface area contributed by atoms with Gasteiger partial charge in [0.25, 0.3) is 0 Å². The Hall–Kier alpha value is -2.67. The first-order chi connectivity index (χ1) is 11.6. The van der Waals surface area contributed by atoms with Crippen molar-refractivity contribution in [2.24, 2.45) is 0 Å². The molecule has 1 aliphatic carbocycles. The van der Waals surface area contributed by atoms with Crippen LogP contribution in [0.2, 0.25) is 5.02 Å². The van der Waals surface area contributed by atoms with Gasteiger partial charge in [0.1, 0.15) is 12.2 Å². The lowest BCUT2D eigenvalue weighted by Gasteiger charge is -2.11. The van der Waals surface area contributed by atoms with Crippen LogP contribution in [0, 0.1) is 0 Å². The summed E-state index contributed by atoms with van der Waals surface area (Å²) in [4.78, 5) is 10.7. The quantitative estimate of drug-likeness (QED) is 0.786. The Morgan fingerprint density at radius 3 is 3.08 bits per heavy atom. The number of hydrogen-bond acceptors (Lipinski definition) is 4. The van der Waals surface area contributed by atoms with Crippen molar-refractivity contribution in [2.45, 2.75) is 25.4 Å². The van der Waals surface area contributed by atoms with Crippen LogP contribution in [0.5, 0.6) is 0 Å². The number of nitrogens with zero attached hydrogens (tertiary/aromatic N) is 5. The molecule has 2 heterocycles. The van der Waals surface area contributed by atoms with Gasteiger partial charge < -0.3 is 5.11 Å². The fraction of sp³-hybridized carbons (Fsp3) is 0.250. The Balaban J connectivity index is 1.61. The van der Waals surface area contributed by atoms with E-state index in [1.165, 1.54) is 15.8 Å². The van der Waals surface area contributed by atoms with Gasteiger partial charge in [0, 0.05) is 16.8 Å². The highest BCUT2D eigenvalue weighted by Gasteiger charge is 2.26. The van der Waals surface area contributed by atoms with Crippen LogP contribution in [-0.2, 0) is 17.8 Å². The molecule has 0 aliphatic heterocycles. The zero-order chi connectivity index (χ0) is 16.7. The Labute approximate surface area is 142 Å². The van der Waals surface area contributed by atoms with E-state index in [2.05, 4.69) is 21.5 Å². The minimum Gasteiger partial charge on any atom is -0.480 e. The van der Waals surface area contributed by atoms with Crippen molar-refractivity contribution >= 4 is 17.6 Å². The normalized spacial score (nSPS) is 16.3. The van der Waals surface area contributed by atoms with E-state index in [-0.39, 0.29) is 12.6 Å². The minimum atomic E-state index is -0.937. The van der Waals surface area contributed by atoms with E-state index in [0.717, 1.165) is 23.4 Å². The molecule has 1 aliphatic rings. The molecule has 2 aromatic heterocycles. The monoisotopic (exact) mass is 343 g/mol. The van der Waals surface area contributed by atoms with Crippen molar-refractivity contribution < 1.29 is 9.90 Å². The summed E-state index contributed by atoms with van der Waals surface area (Å²) in [5.41, 5.74) is 3.77. The highest BCUT2D eigenvalue weighted by atomic mass is 35.5. The zero-order valence-electron chi connectivity index (χ0n) is 12.6. The fourth-order valence-corrected chi connectivity index (χ4v) is 3.42. The van der Waals surface area contributed by atoms with Gasteiger partial charge in [0.05, 0.1) is 18.4 Å². The third-order valence-electron chi connectivity index (χ3n) is 4.24. The summed E-state index contributed by atoms with van der Waals surface area (Å²) >= 11 is 6.26. The third-order valence-corrected chi connectivity index (χ3v) is 4.59. The molecule has 0 unspecified atom stereocenters. The highest BCUT2D eigenvalue weighted by molar-refractivity contribution is 6.31. The maximum absolute atomic E-state index is 10.7. The van der Waals surface area contributed by atoms with E-state index in [1.807, 2.05) is 23.0 Å². The van der Waals surface area contributed by atoms with Crippen LogP contribution >= 0.6 is 11.6 Å². The summed E-state index contributed by atoms with van der Waals surface area (Å²) in [5.74, 6) is -0.937. The van der Waals surface area contributed by atoms with Crippen molar-refractivity contribution in [1.29, 1.82) is 0 Å². The van der Waals surface area contributed by atoms with E-state index >= 15 is 0 Å². The molecule has 0 bridgehead atoms. The Morgan fingerprint density at radius 2 is 2.25 bits per heavy atom. The van der Waals surface area contributed by atoms with Gasteiger partial charge in [0.15, 0.2) is 0 Å². The summed E-state index contributed by atoms with van der Waals surface area (Å²) in [6.07, 6.45) is 6.97. The first-order valence-electron chi connectivity index (χ1n) is 7.55. The summed E-state index contributed by atoms with van der Waals surface area (Å²) < 4.78 is 3.20. The van der Waals surface area contributed by atoms with Gasteiger partial charge in [0.2, 0.25) is 0 Å². The first-order valence-corrected chi connectivity index (χ1v) is 7.93. The highest BCUT2D eigenvalue weighted by Crippen LogP contribution is 2.37. The molecule has 0 spiro atoms. The Kier molecular flexibility index (Phi) is 3.57. The summed E-state index contributed by atoms with van der Waals surface area (Å²) in [6, 6.07) is 6.05. The number of carbonyl (C=O) groups is 1. The molecule has 24 heavy (non-hydrogen) atoms. The summed E-state index contributed by atoms with van der Waals surface area (Å²) in [7, 11) is 0. The minimum absolute atomic E-state index is 0.119. The number of rotatable bonds is 4. The molecular formula is C16H14ClN5O2. The second-order valence-corrected chi connectivity index (χ2v) is 6.17. The number of aromatic nitrogens is 5. The van der Waals surface area contributed by atoms with Crippen LogP contribution in [0.25, 0.3) is 11.3 Å². The van der Waals surface area contributed by atoms with E-state index < -0.39 is 5.97 Å². The maximum Gasteiger partial charge on any atom is 0.325 e. The Bertz CT molecular complexity index is 917. The largest absolute Gasteiger partial charge is 0.480 e. The van der Waals surface area contributed by atoms with E-state index in [0.29, 0.717) is 5.69 Å². The number of benzene rings is 1. The second-order valence-electron chi connectivity index (χ2n) is 5.77. The molecule has 0 saturated carbocycles. The molecule has 1 aromatic carbocycles. The summed E-state index contributed by atoms with van der Waals surface area (Å²) in [5, 5.41) is 22.1. The third kappa shape index (κ3) is 2.56. The molecule has 8 heteroatoms. The van der Waals surface area contributed by atoms with Crippen molar-refractivity contribution in [3.63, 3.8) is 0 Å². The molecule has 7 nitrogen and oxygen atoms in total. The number of hydrogen-bond donors (Lipinski definition) is 1. The Morgan fingerprint density at radius 1 is 1.38 bits per heavy atom. The van der Waals surface area contributed by atoms with E-state index in [9.17, 15) is 4.79 Å². The van der Waals surface area contributed by atoms with Gasteiger partial charge in [-0.2, -0.15) is 5.10 Å². The van der Waals surface area contributed by atoms with E-state index in [1.54, 1.807) is 12.4 Å². The topological polar surface area (TPSA) is 85.8 Å². The van der Waals surface area contributed by atoms with Crippen LogP contribution in [-0.4, -0.2) is 35.9 Å². The van der Waals surface area contributed by atoms with Crippen molar-refractivity contribution in [1.82, 2.24) is 24.8 Å². The number of carboxylic acids is 1. The molecule has 4 rings (SSSR count). The molecule has 1 N–H and O–H groups in total. The molecule has 1 atom stereocenters. The first kappa shape index (κ1) is 14.9. The van der Waals surface area contributed by atoms with Crippen LogP contribution in [0.4, 0.5) is 0 Å². The van der Waals surface area contributed by atoms with Crippen molar-refractivity contribution in [2.75, 3.05) is 0 Å². The standard InChI is InChI=1S/C16H14ClN5O2/c17-13-3-1-2-12-11(13)4-5-15(12)22-8-14(19-20-22)10-6-18-21(7-10)9-16(23)24/h1-3,6-8,15H,4-5,9H2,(H,23,24)/t15-/m0/s1. The summed E-state index contributed by atoms with van der Waals surface area (Å²) in [6.45, 7) is -0.178. The lowest BCUT2D eigenvalue weighted by atomic mass is 10.1. The molecule has 0 fully saturated rings. The number of fused-ring (bicyclic) bond motifs is 1. The molecule has 0 amide bonds. The lowest BCUT2D eigenvalue weighted by Crippen LogP contribution is -2.08. The van der Waals surface area contributed by atoms with E-state index in [4.69, 9.17) is 16.7 Å². The van der Waals surface area contributed by atoms with Crippen molar-refractivity contribution in [3.8, 4) is 11.3 Å². The average Bonchev–Trinajstić information content (AvgIpc) is 3.24. The average molecular weight is 344 g/mol. The number of aliphatic carboxylic acids is 1. The lowest BCUT2D eigenvalue weighted by molar-refractivity contribution is -0.137. The van der Waals surface area contributed by atoms with Gasteiger partial charge in [-0.15, -0.1) is 5.10 Å². The SMILES string of the molecule is O=C(O)Cn1cc(-c2cn([C@H]3CCc4c(Cl)cccc43)nn2)cn1. The molecule has 3 aromatic rings. The predicted octanol–water partition coefficient (Wildman–Crippen LogP) is 2.42. The molecule has 0 saturated heterocycles. The van der Waals surface area contributed by atoms with Crippen LogP contribution < -0.4 is 0 Å². The zero-order valence-corrected chi connectivity index (χ0v) is 13.4. The van der Waals surface area contributed by atoms with Crippen LogP contribution in [0.1, 0.15) is 23.6 Å². The van der Waals surface area contributed by atoms with Gasteiger partial charge in [-0.05, 0) is 30.0 Å². The fourth-order valence-electron chi connectivity index (χ4n) is 3.14. The van der Waals surface area contributed by atoms with Crippen LogP contribution in [0.3, 0.4) is 0 Å². The molecule has 0 radical (unpaired) electrons. The molecule has 122 valence electrons. The number of carboxylic acid groups (broad SMARTS) is 1. The second kappa shape index (κ2) is 5.76. The van der Waals surface area contributed by atoms with Gasteiger partial charge >= 0.3 is 5.97 Å². The van der Waals surface area contributed by atoms with Gasteiger partial charge in [-0.3, -0.25) is 9.48 Å². The van der Waals surface area contributed by atoms with Crippen LogP contribution in [0.15, 0.2) is 36.8 Å². The smallest absolute Gasteiger partial charge is 0.325 e.